The van der Waals surface area contributed by atoms with Crippen LogP contribution in [0.1, 0.15) is 28.9 Å². The molecule has 2 aromatic rings. The van der Waals surface area contributed by atoms with Crippen molar-refractivity contribution in [1.29, 1.82) is 0 Å². The van der Waals surface area contributed by atoms with E-state index >= 15 is 0 Å². The molecule has 1 unspecified atom stereocenters. The van der Waals surface area contributed by atoms with E-state index in [0.717, 1.165) is 18.5 Å². The van der Waals surface area contributed by atoms with E-state index in [1.807, 2.05) is 19.1 Å². The van der Waals surface area contributed by atoms with Crippen molar-refractivity contribution in [1.82, 2.24) is 9.88 Å². The Morgan fingerprint density at radius 2 is 1.96 bits per heavy atom. The van der Waals surface area contributed by atoms with Crippen molar-refractivity contribution < 1.29 is 14.0 Å². The van der Waals surface area contributed by atoms with E-state index in [9.17, 15) is 14.0 Å². The van der Waals surface area contributed by atoms with E-state index in [-0.39, 0.29) is 23.5 Å². The Balaban J connectivity index is 1.65. The number of rotatable bonds is 3. The van der Waals surface area contributed by atoms with Crippen LogP contribution in [0.2, 0.25) is 0 Å². The van der Waals surface area contributed by atoms with Gasteiger partial charge < -0.3 is 10.2 Å². The summed E-state index contributed by atoms with van der Waals surface area (Å²) in [7, 11) is 0. The molecule has 1 aliphatic rings. The second-order valence-corrected chi connectivity index (χ2v) is 6.25. The van der Waals surface area contributed by atoms with E-state index in [1.165, 1.54) is 24.3 Å². The average molecular weight is 341 g/mol. The molecule has 0 spiro atoms. The number of anilines is 1. The van der Waals surface area contributed by atoms with E-state index in [0.29, 0.717) is 24.5 Å². The molecule has 1 N–H and O–H groups in total. The molecule has 6 heteroatoms. The van der Waals surface area contributed by atoms with Crippen molar-refractivity contribution in [2.24, 2.45) is 5.92 Å². The highest BCUT2D eigenvalue weighted by molar-refractivity contribution is 5.96. The fourth-order valence-electron chi connectivity index (χ4n) is 2.99. The smallest absolute Gasteiger partial charge is 0.253 e. The fraction of sp³-hybridized carbons (Fsp3) is 0.316. The van der Waals surface area contributed by atoms with Crippen molar-refractivity contribution in [3.63, 3.8) is 0 Å². The SMILES string of the molecule is Cc1cccc(NC(=O)C2CCCN(C(=O)c3ccc(F)cc3)C2)n1. The van der Waals surface area contributed by atoms with Crippen molar-refractivity contribution in [2.45, 2.75) is 19.8 Å². The Hall–Kier alpha value is -2.76. The molecule has 1 atom stereocenters. The third-order valence-corrected chi connectivity index (χ3v) is 4.31. The number of nitrogens with one attached hydrogen (secondary N) is 1. The minimum Gasteiger partial charge on any atom is -0.338 e. The number of carbonyl (C=O) groups excluding carboxylic acids is 2. The van der Waals surface area contributed by atoms with Crippen LogP contribution in [0, 0.1) is 18.7 Å². The Morgan fingerprint density at radius 1 is 1.20 bits per heavy atom. The maximum atomic E-state index is 13.0. The molecule has 1 aromatic carbocycles. The van der Waals surface area contributed by atoms with Crippen molar-refractivity contribution in [2.75, 3.05) is 18.4 Å². The number of pyridine rings is 1. The van der Waals surface area contributed by atoms with Crippen LogP contribution in [-0.2, 0) is 4.79 Å². The molecule has 1 saturated heterocycles. The largest absolute Gasteiger partial charge is 0.338 e. The number of aryl methyl sites for hydroxylation is 1. The van der Waals surface area contributed by atoms with Crippen LogP contribution in [-0.4, -0.2) is 34.8 Å². The number of carbonyl (C=O) groups is 2. The summed E-state index contributed by atoms with van der Waals surface area (Å²) in [5.41, 5.74) is 1.26. The van der Waals surface area contributed by atoms with Crippen LogP contribution in [0.15, 0.2) is 42.5 Å². The normalized spacial score (nSPS) is 17.2. The topological polar surface area (TPSA) is 62.3 Å². The lowest BCUT2D eigenvalue weighted by Gasteiger charge is -2.32. The number of halogens is 1. The van der Waals surface area contributed by atoms with Crippen LogP contribution in [0.3, 0.4) is 0 Å². The molecule has 1 aliphatic heterocycles. The predicted octanol–water partition coefficient (Wildman–Crippen LogP) is 3.02. The molecule has 0 bridgehead atoms. The molecule has 0 aliphatic carbocycles. The minimum absolute atomic E-state index is 0.130. The van der Waals surface area contributed by atoms with Gasteiger partial charge in [0, 0.05) is 24.3 Å². The monoisotopic (exact) mass is 341 g/mol. The average Bonchev–Trinajstić information content (AvgIpc) is 2.62. The highest BCUT2D eigenvalue weighted by Crippen LogP contribution is 2.20. The van der Waals surface area contributed by atoms with Crippen molar-refractivity contribution in [3.05, 3.63) is 59.5 Å². The van der Waals surface area contributed by atoms with Gasteiger partial charge in [-0.15, -0.1) is 0 Å². The number of piperidine rings is 1. The Bertz CT molecular complexity index is 776. The first-order valence-corrected chi connectivity index (χ1v) is 8.32. The summed E-state index contributed by atoms with van der Waals surface area (Å²) in [6.45, 7) is 2.82. The van der Waals surface area contributed by atoms with Gasteiger partial charge in [-0.25, -0.2) is 9.37 Å². The highest BCUT2D eigenvalue weighted by atomic mass is 19.1. The maximum absolute atomic E-state index is 13.0. The van der Waals surface area contributed by atoms with Gasteiger partial charge in [0.05, 0.1) is 5.92 Å². The van der Waals surface area contributed by atoms with Gasteiger partial charge in [0.1, 0.15) is 11.6 Å². The third-order valence-electron chi connectivity index (χ3n) is 4.31. The van der Waals surface area contributed by atoms with Crippen LogP contribution in [0.25, 0.3) is 0 Å². The second kappa shape index (κ2) is 7.42. The molecule has 5 nitrogen and oxygen atoms in total. The molecule has 130 valence electrons. The summed E-state index contributed by atoms with van der Waals surface area (Å²) >= 11 is 0. The van der Waals surface area contributed by atoms with Gasteiger partial charge in [-0.05, 0) is 56.2 Å². The maximum Gasteiger partial charge on any atom is 0.253 e. The third kappa shape index (κ3) is 4.21. The Morgan fingerprint density at radius 3 is 2.68 bits per heavy atom. The lowest BCUT2D eigenvalue weighted by molar-refractivity contribution is -0.121. The molecule has 0 saturated carbocycles. The number of likely N-dealkylation sites (tertiary alicyclic amines) is 1. The summed E-state index contributed by atoms with van der Waals surface area (Å²) < 4.78 is 13.0. The molecule has 2 amide bonds. The van der Waals surface area contributed by atoms with Gasteiger partial charge >= 0.3 is 0 Å². The number of aromatic nitrogens is 1. The summed E-state index contributed by atoms with van der Waals surface area (Å²) in [6.07, 6.45) is 1.48. The minimum atomic E-state index is -0.377. The molecule has 25 heavy (non-hydrogen) atoms. The van der Waals surface area contributed by atoms with Crippen molar-refractivity contribution in [3.8, 4) is 0 Å². The second-order valence-electron chi connectivity index (χ2n) is 6.25. The molecule has 0 radical (unpaired) electrons. The molecular formula is C19H20FN3O2. The zero-order chi connectivity index (χ0) is 17.8. The lowest BCUT2D eigenvalue weighted by Crippen LogP contribution is -2.43. The first kappa shape index (κ1) is 17.1. The summed E-state index contributed by atoms with van der Waals surface area (Å²) in [6, 6.07) is 10.9. The molecule has 1 fully saturated rings. The lowest BCUT2D eigenvalue weighted by atomic mass is 9.96. The van der Waals surface area contributed by atoms with E-state index in [1.54, 1.807) is 11.0 Å². The van der Waals surface area contributed by atoms with Crippen LogP contribution in [0.5, 0.6) is 0 Å². The van der Waals surface area contributed by atoms with Gasteiger partial charge in [-0.2, -0.15) is 0 Å². The van der Waals surface area contributed by atoms with Crippen LogP contribution >= 0.6 is 0 Å². The van der Waals surface area contributed by atoms with E-state index < -0.39 is 0 Å². The Labute approximate surface area is 145 Å². The quantitative estimate of drug-likeness (QED) is 0.933. The molecule has 1 aromatic heterocycles. The van der Waals surface area contributed by atoms with Crippen molar-refractivity contribution >= 4 is 17.6 Å². The highest BCUT2D eigenvalue weighted by Gasteiger charge is 2.29. The number of hydrogen-bond donors (Lipinski definition) is 1. The van der Waals surface area contributed by atoms with Crippen LogP contribution in [0.4, 0.5) is 10.2 Å². The number of nitrogens with zero attached hydrogens (tertiary/aromatic N) is 2. The zero-order valence-corrected chi connectivity index (χ0v) is 14.0. The first-order chi connectivity index (χ1) is 12.0. The summed E-state index contributed by atoms with van der Waals surface area (Å²) in [4.78, 5) is 31.0. The summed E-state index contributed by atoms with van der Waals surface area (Å²) in [5.74, 6) is -0.438. The van der Waals surface area contributed by atoms with Gasteiger partial charge in [-0.3, -0.25) is 9.59 Å². The van der Waals surface area contributed by atoms with Gasteiger partial charge in [-0.1, -0.05) is 6.07 Å². The van der Waals surface area contributed by atoms with Gasteiger partial charge in [0.2, 0.25) is 5.91 Å². The van der Waals surface area contributed by atoms with Gasteiger partial charge in [0.15, 0.2) is 0 Å². The molecule has 3 rings (SSSR count). The number of amides is 2. The zero-order valence-electron chi connectivity index (χ0n) is 14.0. The first-order valence-electron chi connectivity index (χ1n) is 8.32. The number of hydrogen-bond acceptors (Lipinski definition) is 3. The number of benzene rings is 1. The van der Waals surface area contributed by atoms with E-state index in [4.69, 9.17) is 0 Å². The summed E-state index contributed by atoms with van der Waals surface area (Å²) in [5, 5.41) is 2.82. The Kier molecular flexibility index (Phi) is 5.07. The van der Waals surface area contributed by atoms with Gasteiger partial charge in [0.25, 0.3) is 5.91 Å². The standard InChI is InChI=1S/C19H20FN3O2/c1-13-4-2-6-17(21-13)22-18(24)15-5-3-11-23(12-15)19(25)14-7-9-16(20)10-8-14/h2,4,6-10,15H,3,5,11-12H2,1H3,(H,21,22,24). The molecular weight excluding hydrogens is 321 g/mol. The fourth-order valence-corrected chi connectivity index (χ4v) is 2.99. The van der Waals surface area contributed by atoms with E-state index in [2.05, 4.69) is 10.3 Å². The predicted molar refractivity (Wildman–Crippen MR) is 92.6 cm³/mol. The van der Waals surface area contributed by atoms with Crippen LogP contribution < -0.4 is 5.32 Å². The molecule has 2 heterocycles.